The minimum Gasteiger partial charge on any atom is -0.493 e. The third-order valence-corrected chi connectivity index (χ3v) is 5.22. The standard InChI is InChI=1S/C17H21NO4S/c1-17(2,13-10-11-15(21-3)16(12-13)22-4)18-23(19,20)14-8-6-5-7-9-14/h5-12,18H,1-4H3. The Kier molecular flexibility index (Phi) is 4.97. The quantitative estimate of drug-likeness (QED) is 0.881. The zero-order valence-corrected chi connectivity index (χ0v) is 14.5. The molecule has 0 saturated carbocycles. The van der Waals surface area contributed by atoms with Gasteiger partial charge in [-0.15, -0.1) is 0 Å². The van der Waals surface area contributed by atoms with E-state index < -0.39 is 15.6 Å². The highest BCUT2D eigenvalue weighted by molar-refractivity contribution is 7.89. The maximum atomic E-state index is 12.5. The highest BCUT2D eigenvalue weighted by Gasteiger charge is 2.28. The van der Waals surface area contributed by atoms with Crippen LogP contribution in [0, 0.1) is 0 Å². The van der Waals surface area contributed by atoms with E-state index in [9.17, 15) is 8.42 Å². The van der Waals surface area contributed by atoms with Crippen LogP contribution in [0.15, 0.2) is 53.4 Å². The van der Waals surface area contributed by atoms with Crippen LogP contribution in [0.25, 0.3) is 0 Å². The second-order valence-corrected chi connectivity index (χ2v) is 7.30. The van der Waals surface area contributed by atoms with Gasteiger partial charge in [-0.2, -0.15) is 0 Å². The average molecular weight is 335 g/mol. The molecule has 0 radical (unpaired) electrons. The van der Waals surface area contributed by atoms with E-state index >= 15 is 0 Å². The summed E-state index contributed by atoms with van der Waals surface area (Å²) in [5.41, 5.74) is -0.0385. The van der Waals surface area contributed by atoms with Crippen molar-refractivity contribution in [3.63, 3.8) is 0 Å². The Morgan fingerprint density at radius 3 is 2.09 bits per heavy atom. The minimum atomic E-state index is -3.62. The molecule has 124 valence electrons. The molecule has 6 heteroatoms. The highest BCUT2D eigenvalue weighted by Crippen LogP contribution is 2.32. The van der Waals surface area contributed by atoms with Crippen LogP contribution in [-0.2, 0) is 15.6 Å². The largest absolute Gasteiger partial charge is 0.493 e. The van der Waals surface area contributed by atoms with Crippen molar-refractivity contribution in [2.45, 2.75) is 24.3 Å². The van der Waals surface area contributed by atoms with Crippen LogP contribution >= 0.6 is 0 Å². The third kappa shape index (κ3) is 3.83. The van der Waals surface area contributed by atoms with E-state index in [-0.39, 0.29) is 4.90 Å². The molecule has 0 aliphatic carbocycles. The van der Waals surface area contributed by atoms with E-state index in [4.69, 9.17) is 9.47 Å². The molecule has 0 bridgehead atoms. The normalized spacial score (nSPS) is 12.0. The molecule has 0 spiro atoms. The van der Waals surface area contributed by atoms with Crippen molar-refractivity contribution in [3.05, 3.63) is 54.1 Å². The predicted octanol–water partition coefficient (Wildman–Crippen LogP) is 2.92. The molecule has 0 amide bonds. The molecule has 0 fully saturated rings. The summed E-state index contributed by atoms with van der Waals surface area (Å²) >= 11 is 0. The van der Waals surface area contributed by atoms with Crippen molar-refractivity contribution in [2.75, 3.05) is 14.2 Å². The van der Waals surface area contributed by atoms with E-state index in [1.807, 2.05) is 6.07 Å². The Balaban J connectivity index is 2.35. The molecule has 23 heavy (non-hydrogen) atoms. The van der Waals surface area contributed by atoms with Crippen LogP contribution in [0.2, 0.25) is 0 Å². The van der Waals surface area contributed by atoms with Gasteiger partial charge in [0.15, 0.2) is 11.5 Å². The molecule has 0 unspecified atom stereocenters. The van der Waals surface area contributed by atoms with Crippen molar-refractivity contribution >= 4 is 10.0 Å². The Hall–Kier alpha value is -2.05. The molecule has 0 aliphatic rings. The van der Waals surface area contributed by atoms with Gasteiger partial charge in [0.2, 0.25) is 10.0 Å². The van der Waals surface area contributed by atoms with Crippen molar-refractivity contribution in [2.24, 2.45) is 0 Å². The van der Waals surface area contributed by atoms with Gasteiger partial charge in [0.25, 0.3) is 0 Å². The average Bonchev–Trinajstić information content (AvgIpc) is 2.54. The number of methoxy groups -OCH3 is 2. The summed E-state index contributed by atoms with van der Waals surface area (Å²) in [5, 5.41) is 0. The molecule has 2 aromatic rings. The van der Waals surface area contributed by atoms with Crippen LogP contribution in [-0.4, -0.2) is 22.6 Å². The van der Waals surface area contributed by atoms with E-state index in [1.54, 1.807) is 70.5 Å². The fraction of sp³-hybridized carbons (Fsp3) is 0.294. The van der Waals surface area contributed by atoms with Gasteiger partial charge in [-0.3, -0.25) is 0 Å². The number of rotatable bonds is 6. The summed E-state index contributed by atoms with van der Waals surface area (Å²) in [7, 11) is -0.523. The Morgan fingerprint density at radius 2 is 1.52 bits per heavy atom. The topological polar surface area (TPSA) is 64.6 Å². The second kappa shape index (κ2) is 6.60. The van der Waals surface area contributed by atoms with Gasteiger partial charge < -0.3 is 9.47 Å². The van der Waals surface area contributed by atoms with Crippen molar-refractivity contribution in [3.8, 4) is 11.5 Å². The van der Waals surface area contributed by atoms with Gasteiger partial charge in [0, 0.05) is 0 Å². The van der Waals surface area contributed by atoms with Crippen LogP contribution in [0.4, 0.5) is 0 Å². The fourth-order valence-electron chi connectivity index (χ4n) is 2.28. The first kappa shape index (κ1) is 17.3. The number of benzene rings is 2. The van der Waals surface area contributed by atoms with Crippen LogP contribution < -0.4 is 14.2 Å². The van der Waals surface area contributed by atoms with E-state index in [0.717, 1.165) is 5.56 Å². The highest BCUT2D eigenvalue weighted by atomic mass is 32.2. The molecule has 2 aromatic carbocycles. The molecule has 2 rings (SSSR count). The maximum absolute atomic E-state index is 12.5. The summed E-state index contributed by atoms with van der Waals surface area (Å²) in [5.74, 6) is 1.15. The Labute approximate surface area is 137 Å². The lowest BCUT2D eigenvalue weighted by Gasteiger charge is -2.27. The van der Waals surface area contributed by atoms with Crippen molar-refractivity contribution < 1.29 is 17.9 Å². The van der Waals surface area contributed by atoms with Gasteiger partial charge in [-0.05, 0) is 43.7 Å². The lowest BCUT2D eigenvalue weighted by molar-refractivity contribution is 0.352. The van der Waals surface area contributed by atoms with Gasteiger partial charge in [-0.25, -0.2) is 13.1 Å². The molecule has 5 nitrogen and oxygen atoms in total. The number of ether oxygens (including phenoxy) is 2. The van der Waals surface area contributed by atoms with Gasteiger partial charge >= 0.3 is 0 Å². The lowest BCUT2D eigenvalue weighted by atomic mass is 9.95. The molecule has 1 N–H and O–H groups in total. The van der Waals surface area contributed by atoms with Crippen LogP contribution in [0.3, 0.4) is 0 Å². The van der Waals surface area contributed by atoms with E-state index in [1.165, 1.54) is 0 Å². The molecular formula is C17H21NO4S. The number of sulfonamides is 1. The smallest absolute Gasteiger partial charge is 0.241 e. The molecule has 0 aromatic heterocycles. The summed E-state index contributed by atoms with van der Waals surface area (Å²) in [4.78, 5) is 0.230. The molecule has 0 aliphatic heterocycles. The molecule has 0 saturated heterocycles. The van der Waals surface area contributed by atoms with Crippen molar-refractivity contribution in [1.29, 1.82) is 0 Å². The van der Waals surface area contributed by atoms with E-state index in [2.05, 4.69) is 4.72 Å². The molecule has 0 atom stereocenters. The zero-order chi connectivity index (χ0) is 17.1. The second-order valence-electron chi connectivity index (χ2n) is 5.61. The Bertz CT molecular complexity index is 770. The first-order valence-electron chi connectivity index (χ1n) is 7.12. The fourth-order valence-corrected chi connectivity index (χ4v) is 3.70. The van der Waals surface area contributed by atoms with E-state index in [0.29, 0.717) is 11.5 Å². The first-order chi connectivity index (χ1) is 10.8. The van der Waals surface area contributed by atoms with Gasteiger partial charge in [0.1, 0.15) is 0 Å². The number of nitrogens with one attached hydrogen (secondary N) is 1. The summed E-state index contributed by atoms with van der Waals surface area (Å²) in [6, 6.07) is 13.6. The minimum absolute atomic E-state index is 0.230. The molecule has 0 heterocycles. The lowest BCUT2D eigenvalue weighted by Crippen LogP contribution is -2.40. The van der Waals surface area contributed by atoms with Gasteiger partial charge in [-0.1, -0.05) is 24.3 Å². The third-order valence-electron chi connectivity index (χ3n) is 3.55. The number of hydrogen-bond donors (Lipinski definition) is 1. The summed E-state index contributed by atoms with van der Waals surface area (Å²) in [6.07, 6.45) is 0. The summed E-state index contributed by atoms with van der Waals surface area (Å²) < 4.78 is 38.3. The maximum Gasteiger partial charge on any atom is 0.241 e. The zero-order valence-electron chi connectivity index (χ0n) is 13.7. The number of hydrogen-bond acceptors (Lipinski definition) is 4. The molecular weight excluding hydrogens is 314 g/mol. The SMILES string of the molecule is COc1ccc(C(C)(C)NS(=O)(=O)c2ccccc2)cc1OC. The summed E-state index contributed by atoms with van der Waals surface area (Å²) in [6.45, 7) is 3.60. The van der Waals surface area contributed by atoms with Crippen LogP contribution in [0.5, 0.6) is 11.5 Å². The monoisotopic (exact) mass is 335 g/mol. The Morgan fingerprint density at radius 1 is 0.913 bits per heavy atom. The van der Waals surface area contributed by atoms with Gasteiger partial charge in [0.05, 0.1) is 24.7 Å². The first-order valence-corrected chi connectivity index (χ1v) is 8.60. The van der Waals surface area contributed by atoms with Crippen LogP contribution in [0.1, 0.15) is 19.4 Å². The predicted molar refractivity (Wildman–Crippen MR) is 89.3 cm³/mol. The van der Waals surface area contributed by atoms with Crippen molar-refractivity contribution in [1.82, 2.24) is 4.72 Å².